The predicted octanol–water partition coefficient (Wildman–Crippen LogP) is 3.81. The molecule has 2 aliphatic heterocycles. The van der Waals surface area contributed by atoms with Crippen LogP contribution in [0.1, 0.15) is 71.6 Å². The van der Waals surface area contributed by atoms with Gasteiger partial charge in [0.2, 0.25) is 0 Å². The summed E-state index contributed by atoms with van der Waals surface area (Å²) >= 11 is 0. The van der Waals surface area contributed by atoms with E-state index in [1.807, 2.05) is 0 Å². The van der Waals surface area contributed by atoms with Crippen LogP contribution in [0.4, 0.5) is 0 Å². The van der Waals surface area contributed by atoms with Crippen LogP contribution in [0.5, 0.6) is 0 Å². The van der Waals surface area contributed by atoms with Crippen molar-refractivity contribution in [3.63, 3.8) is 0 Å². The average molecular weight is 278 g/mol. The summed E-state index contributed by atoms with van der Waals surface area (Å²) in [5.74, 6) is 1.00. The van der Waals surface area contributed by atoms with Gasteiger partial charge in [0.05, 0.1) is 0 Å². The minimum atomic E-state index is 0.674. The highest BCUT2D eigenvalue weighted by Gasteiger charge is 2.37. The summed E-state index contributed by atoms with van der Waals surface area (Å²) in [6.45, 7) is 8.78. The molecule has 1 saturated carbocycles. The molecule has 2 nitrogen and oxygen atoms in total. The average Bonchev–Trinajstić information content (AvgIpc) is 2.90. The third-order valence-corrected chi connectivity index (χ3v) is 6.84. The predicted molar refractivity (Wildman–Crippen MR) is 86.0 cm³/mol. The third kappa shape index (κ3) is 3.06. The molecule has 3 aliphatic rings. The van der Waals surface area contributed by atoms with E-state index in [4.69, 9.17) is 0 Å². The lowest BCUT2D eigenvalue weighted by Gasteiger charge is -2.41. The van der Waals surface area contributed by atoms with E-state index in [1.165, 1.54) is 77.4 Å². The quantitative estimate of drug-likeness (QED) is 0.841. The molecule has 0 amide bonds. The zero-order chi connectivity index (χ0) is 14.0. The maximum absolute atomic E-state index is 3.95. The standard InChI is InChI=1S/C18H34N2/c1-3-18(4-2)9-11-20(12-10-18)14-16-13-15-7-5-6-8-17(15)19-16/h15-17,19H,3-14H2,1-2H3. The van der Waals surface area contributed by atoms with Gasteiger partial charge in [0.1, 0.15) is 0 Å². The number of hydrogen-bond acceptors (Lipinski definition) is 2. The molecule has 3 fully saturated rings. The zero-order valence-corrected chi connectivity index (χ0v) is 13.7. The second-order valence-corrected chi connectivity index (χ2v) is 7.76. The molecule has 3 atom stereocenters. The Morgan fingerprint density at radius 1 is 1.05 bits per heavy atom. The molecule has 3 rings (SSSR count). The fraction of sp³-hybridized carbons (Fsp3) is 1.00. The van der Waals surface area contributed by atoms with Gasteiger partial charge in [-0.2, -0.15) is 0 Å². The Kier molecular flexibility index (Phi) is 4.72. The highest BCUT2D eigenvalue weighted by Crippen LogP contribution is 2.38. The van der Waals surface area contributed by atoms with Crippen LogP contribution in [-0.4, -0.2) is 36.6 Å². The molecule has 0 bridgehead atoms. The topological polar surface area (TPSA) is 15.3 Å². The number of likely N-dealkylation sites (tertiary alicyclic amines) is 1. The Morgan fingerprint density at radius 2 is 1.75 bits per heavy atom. The number of nitrogens with zero attached hydrogens (tertiary/aromatic N) is 1. The van der Waals surface area contributed by atoms with Crippen molar-refractivity contribution in [1.29, 1.82) is 0 Å². The number of rotatable bonds is 4. The van der Waals surface area contributed by atoms with Crippen LogP contribution in [0.25, 0.3) is 0 Å². The molecule has 2 heterocycles. The molecule has 1 N–H and O–H groups in total. The monoisotopic (exact) mass is 278 g/mol. The second kappa shape index (κ2) is 6.36. The van der Waals surface area contributed by atoms with Gasteiger partial charge < -0.3 is 10.2 Å². The fourth-order valence-corrected chi connectivity index (χ4v) is 5.05. The summed E-state index contributed by atoms with van der Waals surface area (Å²) in [7, 11) is 0. The van der Waals surface area contributed by atoms with Crippen LogP contribution in [0.15, 0.2) is 0 Å². The lowest BCUT2D eigenvalue weighted by molar-refractivity contribution is 0.0895. The highest BCUT2D eigenvalue weighted by atomic mass is 15.2. The van der Waals surface area contributed by atoms with Crippen molar-refractivity contribution in [1.82, 2.24) is 10.2 Å². The van der Waals surface area contributed by atoms with E-state index >= 15 is 0 Å². The lowest BCUT2D eigenvalue weighted by Crippen LogP contribution is -2.45. The second-order valence-electron chi connectivity index (χ2n) is 7.76. The molecule has 0 aromatic rings. The first-order chi connectivity index (χ1) is 9.74. The van der Waals surface area contributed by atoms with Gasteiger partial charge in [0.15, 0.2) is 0 Å². The van der Waals surface area contributed by atoms with Gasteiger partial charge in [0, 0.05) is 18.6 Å². The van der Waals surface area contributed by atoms with E-state index in [-0.39, 0.29) is 0 Å². The molecule has 0 aromatic carbocycles. The molecule has 20 heavy (non-hydrogen) atoms. The van der Waals surface area contributed by atoms with Gasteiger partial charge in [-0.1, -0.05) is 39.5 Å². The van der Waals surface area contributed by atoms with Crippen LogP contribution in [-0.2, 0) is 0 Å². The van der Waals surface area contributed by atoms with Crippen LogP contribution in [0.2, 0.25) is 0 Å². The number of hydrogen-bond donors (Lipinski definition) is 1. The molecular weight excluding hydrogens is 244 g/mol. The highest BCUT2D eigenvalue weighted by molar-refractivity contribution is 4.95. The maximum Gasteiger partial charge on any atom is 0.0200 e. The smallest absolute Gasteiger partial charge is 0.0200 e. The van der Waals surface area contributed by atoms with E-state index in [1.54, 1.807) is 0 Å². The van der Waals surface area contributed by atoms with Gasteiger partial charge in [-0.05, 0) is 56.5 Å². The fourth-order valence-electron chi connectivity index (χ4n) is 5.05. The third-order valence-electron chi connectivity index (χ3n) is 6.84. The first-order valence-corrected chi connectivity index (χ1v) is 9.23. The van der Waals surface area contributed by atoms with Crippen molar-refractivity contribution in [2.75, 3.05) is 19.6 Å². The molecule has 0 aromatic heterocycles. The van der Waals surface area contributed by atoms with Crippen molar-refractivity contribution < 1.29 is 0 Å². The van der Waals surface area contributed by atoms with Gasteiger partial charge in [-0.15, -0.1) is 0 Å². The van der Waals surface area contributed by atoms with Crippen LogP contribution in [0.3, 0.4) is 0 Å². The van der Waals surface area contributed by atoms with Crippen molar-refractivity contribution in [2.45, 2.75) is 83.7 Å². The number of fused-ring (bicyclic) bond motifs is 1. The summed E-state index contributed by atoms with van der Waals surface area (Å²) in [6, 6.07) is 1.66. The van der Waals surface area contributed by atoms with E-state index in [2.05, 4.69) is 24.1 Å². The number of nitrogens with one attached hydrogen (secondary N) is 1. The minimum absolute atomic E-state index is 0.674. The van der Waals surface area contributed by atoms with E-state index < -0.39 is 0 Å². The first-order valence-electron chi connectivity index (χ1n) is 9.23. The summed E-state index contributed by atoms with van der Waals surface area (Å²) in [5.41, 5.74) is 0.674. The summed E-state index contributed by atoms with van der Waals surface area (Å²) in [4.78, 5) is 2.75. The molecule has 0 radical (unpaired) electrons. The molecule has 116 valence electrons. The van der Waals surface area contributed by atoms with E-state index in [0.29, 0.717) is 5.41 Å². The van der Waals surface area contributed by atoms with E-state index in [9.17, 15) is 0 Å². The van der Waals surface area contributed by atoms with Crippen LogP contribution >= 0.6 is 0 Å². The Morgan fingerprint density at radius 3 is 2.40 bits per heavy atom. The summed E-state index contributed by atoms with van der Waals surface area (Å²) in [5, 5.41) is 3.95. The molecule has 1 aliphatic carbocycles. The van der Waals surface area contributed by atoms with E-state index in [0.717, 1.165) is 18.0 Å². The van der Waals surface area contributed by atoms with Gasteiger partial charge >= 0.3 is 0 Å². The molecule has 2 heteroatoms. The van der Waals surface area contributed by atoms with Gasteiger partial charge in [0.25, 0.3) is 0 Å². The van der Waals surface area contributed by atoms with Crippen molar-refractivity contribution in [3.8, 4) is 0 Å². The van der Waals surface area contributed by atoms with Gasteiger partial charge in [-0.25, -0.2) is 0 Å². The Labute approximate surface area is 125 Å². The normalized spacial score (nSPS) is 37.8. The van der Waals surface area contributed by atoms with Crippen molar-refractivity contribution in [3.05, 3.63) is 0 Å². The zero-order valence-electron chi connectivity index (χ0n) is 13.7. The number of piperidine rings is 1. The molecular formula is C18H34N2. The molecule has 2 saturated heterocycles. The Hall–Kier alpha value is -0.0800. The molecule has 0 spiro atoms. The largest absolute Gasteiger partial charge is 0.310 e. The molecule has 3 unspecified atom stereocenters. The minimum Gasteiger partial charge on any atom is -0.310 e. The lowest BCUT2D eigenvalue weighted by atomic mass is 9.74. The SMILES string of the molecule is CCC1(CC)CCN(CC2CC3CCCCC3N2)CC1. The Balaban J connectivity index is 1.46. The first kappa shape index (κ1) is 14.8. The van der Waals surface area contributed by atoms with Crippen LogP contribution in [0, 0.1) is 11.3 Å². The summed E-state index contributed by atoms with van der Waals surface area (Å²) in [6.07, 6.45) is 12.9. The summed E-state index contributed by atoms with van der Waals surface area (Å²) < 4.78 is 0. The van der Waals surface area contributed by atoms with Crippen LogP contribution < -0.4 is 5.32 Å². The van der Waals surface area contributed by atoms with Gasteiger partial charge in [-0.3, -0.25) is 0 Å². The maximum atomic E-state index is 3.95. The van der Waals surface area contributed by atoms with Crippen molar-refractivity contribution in [2.24, 2.45) is 11.3 Å². The Bertz CT molecular complexity index is 287. The van der Waals surface area contributed by atoms with Crippen molar-refractivity contribution >= 4 is 0 Å².